The van der Waals surface area contributed by atoms with Crippen molar-refractivity contribution in [3.63, 3.8) is 0 Å². The maximum atomic E-state index is 13.6. The van der Waals surface area contributed by atoms with Crippen molar-refractivity contribution in [1.82, 2.24) is 10.6 Å². The Bertz CT molecular complexity index is 1160. The van der Waals surface area contributed by atoms with Crippen molar-refractivity contribution in [3.05, 3.63) is 35.9 Å². The largest absolute Gasteiger partial charge is 0.445 e. The number of alkyl carbamates (subject to hydrolysis) is 1. The smallest absolute Gasteiger partial charge is 0.408 e. The average molecular weight is 650 g/mol. The van der Waals surface area contributed by atoms with Crippen LogP contribution in [0.1, 0.15) is 136 Å². The topological polar surface area (TPSA) is 93.5 Å². The molecule has 4 aliphatic rings. The Labute approximate surface area is 286 Å². The second-order valence-corrected chi connectivity index (χ2v) is 17.2. The Morgan fingerprint density at radius 1 is 0.872 bits per heavy atom. The third-order valence-corrected chi connectivity index (χ3v) is 14.0. The van der Waals surface area contributed by atoms with Crippen molar-refractivity contribution in [2.75, 3.05) is 6.54 Å². The summed E-state index contributed by atoms with van der Waals surface area (Å²) >= 11 is 0. The Hall–Kier alpha value is -2.08. The summed E-state index contributed by atoms with van der Waals surface area (Å²) in [5.74, 6) is 5.77. The monoisotopic (exact) mass is 650 g/mol. The van der Waals surface area contributed by atoms with Crippen LogP contribution in [-0.2, 0) is 16.1 Å². The van der Waals surface area contributed by atoms with Gasteiger partial charge in [-0.3, -0.25) is 4.79 Å². The van der Waals surface area contributed by atoms with E-state index in [0.717, 1.165) is 66.8 Å². The quantitative estimate of drug-likeness (QED) is 0.175. The molecule has 47 heavy (non-hydrogen) atoms. The van der Waals surface area contributed by atoms with Gasteiger partial charge in [0, 0.05) is 6.04 Å². The third-order valence-electron chi connectivity index (χ3n) is 14.0. The summed E-state index contributed by atoms with van der Waals surface area (Å²) in [5, 5.41) is 6.27. The summed E-state index contributed by atoms with van der Waals surface area (Å²) in [4.78, 5) is 26.3. The number of fused-ring (bicyclic) bond motifs is 5. The van der Waals surface area contributed by atoms with Crippen molar-refractivity contribution >= 4 is 12.0 Å². The highest BCUT2D eigenvalue weighted by molar-refractivity contribution is 5.85. The van der Waals surface area contributed by atoms with Gasteiger partial charge in [-0.25, -0.2) is 4.79 Å². The zero-order chi connectivity index (χ0) is 33.6. The first-order valence-electron chi connectivity index (χ1n) is 19.5. The molecule has 4 aliphatic carbocycles. The number of hydrogen-bond donors (Lipinski definition) is 3. The summed E-state index contributed by atoms with van der Waals surface area (Å²) in [7, 11) is 0. The average Bonchev–Trinajstić information content (AvgIpc) is 3.41. The maximum Gasteiger partial charge on any atom is 0.408 e. The van der Waals surface area contributed by atoms with Gasteiger partial charge in [0.1, 0.15) is 12.6 Å². The van der Waals surface area contributed by atoms with Crippen LogP contribution in [0.2, 0.25) is 0 Å². The van der Waals surface area contributed by atoms with Gasteiger partial charge < -0.3 is 21.1 Å². The predicted molar refractivity (Wildman–Crippen MR) is 191 cm³/mol. The van der Waals surface area contributed by atoms with Crippen LogP contribution in [-0.4, -0.2) is 30.6 Å². The Kier molecular flexibility index (Phi) is 12.4. The summed E-state index contributed by atoms with van der Waals surface area (Å²) in [6.45, 7) is 13.4. The van der Waals surface area contributed by atoms with Crippen LogP contribution >= 0.6 is 0 Å². The van der Waals surface area contributed by atoms with Gasteiger partial charge >= 0.3 is 6.09 Å². The van der Waals surface area contributed by atoms with Crippen molar-refractivity contribution in [2.24, 2.45) is 58.0 Å². The molecule has 0 bridgehead atoms. The van der Waals surface area contributed by atoms with Gasteiger partial charge in [-0.1, -0.05) is 84.2 Å². The summed E-state index contributed by atoms with van der Waals surface area (Å²) in [6.07, 6.45) is 17.5. The van der Waals surface area contributed by atoms with E-state index in [2.05, 4.69) is 45.3 Å². The molecule has 4 fully saturated rings. The molecule has 0 saturated heterocycles. The lowest BCUT2D eigenvalue weighted by Gasteiger charge is -2.61. The first-order chi connectivity index (χ1) is 22.5. The highest BCUT2D eigenvalue weighted by atomic mass is 16.5. The maximum absolute atomic E-state index is 13.6. The Balaban J connectivity index is 1.16. The van der Waals surface area contributed by atoms with Gasteiger partial charge in [0.15, 0.2) is 0 Å². The third kappa shape index (κ3) is 8.39. The lowest BCUT2D eigenvalue weighted by Crippen LogP contribution is -2.57. The van der Waals surface area contributed by atoms with Crippen LogP contribution in [0.4, 0.5) is 4.79 Å². The minimum atomic E-state index is -0.604. The normalized spacial score (nSPS) is 34.4. The number of ether oxygens (including phenoxy) is 1. The molecule has 1 aromatic rings. The second-order valence-electron chi connectivity index (χ2n) is 17.2. The van der Waals surface area contributed by atoms with E-state index in [1.54, 1.807) is 0 Å². The molecule has 2 unspecified atom stereocenters. The van der Waals surface area contributed by atoms with Crippen molar-refractivity contribution in [2.45, 2.75) is 150 Å². The minimum absolute atomic E-state index is 0.0751. The lowest BCUT2D eigenvalue weighted by molar-refractivity contribution is -0.129. The van der Waals surface area contributed by atoms with Crippen LogP contribution in [0.15, 0.2) is 30.3 Å². The van der Waals surface area contributed by atoms with Gasteiger partial charge in [-0.2, -0.15) is 0 Å². The predicted octanol–water partition coefficient (Wildman–Crippen LogP) is 9.02. The van der Waals surface area contributed by atoms with E-state index in [4.69, 9.17) is 10.5 Å². The second kappa shape index (κ2) is 16.1. The van der Waals surface area contributed by atoms with Crippen molar-refractivity contribution < 1.29 is 14.3 Å². The van der Waals surface area contributed by atoms with Gasteiger partial charge in [0.2, 0.25) is 5.91 Å². The van der Waals surface area contributed by atoms with E-state index in [-0.39, 0.29) is 18.6 Å². The van der Waals surface area contributed by atoms with E-state index < -0.39 is 12.1 Å². The molecule has 10 atom stereocenters. The molecular formula is C41H67N3O3. The molecule has 0 spiro atoms. The highest BCUT2D eigenvalue weighted by Gasteiger charge is 2.60. The zero-order valence-corrected chi connectivity index (χ0v) is 30.4. The highest BCUT2D eigenvalue weighted by Crippen LogP contribution is 2.68. The number of carbonyl (C=O) groups is 2. The van der Waals surface area contributed by atoms with Gasteiger partial charge in [-0.05, 0) is 141 Å². The van der Waals surface area contributed by atoms with Crippen LogP contribution < -0.4 is 16.4 Å². The SMILES string of the molecule is CC(C)CCC[C@@H](C)[C@H]1CC[C@H]2[C@@H]3CCC4CC(NC(=O)[C@H](CCCCN)NC(=O)OCc5ccccc5)CC[C@]4(C)[C@H]3CC[C@]12C. The summed E-state index contributed by atoms with van der Waals surface area (Å²) in [5.41, 5.74) is 7.58. The van der Waals surface area contributed by atoms with Crippen LogP contribution in [0.25, 0.3) is 0 Å². The van der Waals surface area contributed by atoms with E-state index in [9.17, 15) is 9.59 Å². The molecule has 1 aromatic carbocycles. The number of nitrogens with one attached hydrogen (secondary N) is 2. The van der Waals surface area contributed by atoms with E-state index in [1.807, 2.05) is 30.3 Å². The fourth-order valence-electron chi connectivity index (χ4n) is 11.4. The van der Waals surface area contributed by atoms with E-state index in [0.29, 0.717) is 29.7 Å². The molecule has 264 valence electrons. The minimum Gasteiger partial charge on any atom is -0.445 e. The number of unbranched alkanes of at least 4 members (excludes halogenated alkanes) is 1. The molecule has 2 amide bonds. The standard InChI is InChI=1S/C41H67N3O3/c1-28(2)12-11-13-29(3)34-19-20-35-33-18-17-31-26-32(21-23-40(31,4)36(33)22-24-41(34,35)5)43-38(45)37(16-9-10-25-42)44-39(46)47-27-30-14-7-6-8-15-30/h6-8,14-15,28-29,31-37H,9-13,16-27,42H2,1-5H3,(H,43,45)(H,44,46)/t29-,31?,32?,33+,34-,35+,36+,37+,40+,41-/m1/s1. The van der Waals surface area contributed by atoms with Gasteiger partial charge in [0.25, 0.3) is 0 Å². The molecule has 4 saturated carbocycles. The van der Waals surface area contributed by atoms with Crippen molar-refractivity contribution in [1.29, 1.82) is 0 Å². The first-order valence-corrected chi connectivity index (χ1v) is 19.5. The number of benzene rings is 1. The molecule has 0 radical (unpaired) electrons. The number of hydrogen-bond acceptors (Lipinski definition) is 4. The number of amides is 2. The zero-order valence-electron chi connectivity index (χ0n) is 30.4. The van der Waals surface area contributed by atoms with E-state index in [1.165, 1.54) is 64.2 Å². The molecule has 0 heterocycles. The number of rotatable bonds is 14. The van der Waals surface area contributed by atoms with Gasteiger partial charge in [-0.15, -0.1) is 0 Å². The molecule has 5 rings (SSSR count). The van der Waals surface area contributed by atoms with Crippen LogP contribution in [0.3, 0.4) is 0 Å². The summed E-state index contributed by atoms with van der Waals surface area (Å²) < 4.78 is 5.47. The lowest BCUT2D eigenvalue weighted by atomic mass is 9.44. The fourth-order valence-corrected chi connectivity index (χ4v) is 11.4. The fraction of sp³-hybridized carbons (Fsp3) is 0.805. The molecule has 0 aromatic heterocycles. The summed E-state index contributed by atoms with van der Waals surface area (Å²) in [6, 6.07) is 9.21. The molecule has 6 nitrogen and oxygen atoms in total. The Morgan fingerprint density at radius 3 is 2.36 bits per heavy atom. The molecule has 6 heteroatoms. The molecule has 0 aliphatic heterocycles. The molecular weight excluding hydrogens is 582 g/mol. The van der Waals surface area contributed by atoms with Crippen LogP contribution in [0.5, 0.6) is 0 Å². The van der Waals surface area contributed by atoms with E-state index >= 15 is 0 Å². The number of carbonyl (C=O) groups excluding carboxylic acids is 2. The first kappa shape index (κ1) is 36.2. The van der Waals surface area contributed by atoms with Crippen molar-refractivity contribution in [3.8, 4) is 0 Å². The Morgan fingerprint density at radius 2 is 1.62 bits per heavy atom. The number of nitrogens with two attached hydrogens (primary N) is 1. The van der Waals surface area contributed by atoms with Gasteiger partial charge in [0.05, 0.1) is 0 Å². The van der Waals surface area contributed by atoms with Crippen LogP contribution in [0, 0.1) is 52.3 Å². The molecule has 4 N–H and O–H groups in total.